The number of amides is 1. The summed E-state index contributed by atoms with van der Waals surface area (Å²) < 4.78 is 7.69. The number of nitrogens with one attached hydrogen (secondary N) is 1. The summed E-state index contributed by atoms with van der Waals surface area (Å²) in [5, 5.41) is 12.5. The summed E-state index contributed by atoms with van der Waals surface area (Å²) in [6.07, 6.45) is 0. The highest BCUT2D eigenvalue weighted by Gasteiger charge is 2.13. The Labute approximate surface area is 179 Å². The largest absolute Gasteiger partial charge is 0.486 e. The van der Waals surface area contributed by atoms with Gasteiger partial charge in [0.15, 0.2) is 11.0 Å². The second-order valence-electron chi connectivity index (χ2n) is 6.82. The first-order chi connectivity index (χ1) is 13.8. The Morgan fingerprint density at radius 3 is 2.62 bits per heavy atom. The van der Waals surface area contributed by atoms with Crippen LogP contribution in [0.2, 0.25) is 5.02 Å². The highest BCUT2D eigenvalue weighted by Crippen LogP contribution is 2.24. The molecule has 0 bridgehead atoms. The molecule has 0 aliphatic carbocycles. The second-order valence-corrected chi connectivity index (χ2v) is 8.17. The van der Waals surface area contributed by atoms with Crippen molar-refractivity contribution in [2.45, 2.75) is 32.5 Å². The molecule has 0 atom stereocenters. The van der Waals surface area contributed by atoms with Gasteiger partial charge >= 0.3 is 0 Å². The number of thioether (sulfide) groups is 1. The van der Waals surface area contributed by atoms with Crippen LogP contribution in [0.4, 0.5) is 5.69 Å². The minimum atomic E-state index is -0.128. The molecule has 0 aliphatic rings. The van der Waals surface area contributed by atoms with Crippen molar-refractivity contribution < 1.29 is 9.53 Å². The van der Waals surface area contributed by atoms with Crippen molar-refractivity contribution in [1.29, 1.82) is 0 Å². The fraction of sp³-hybridized carbons (Fsp3) is 0.286. The molecule has 1 heterocycles. The van der Waals surface area contributed by atoms with Crippen LogP contribution in [0.5, 0.6) is 5.75 Å². The number of carbonyl (C=O) groups excluding carboxylic acids is 1. The minimum absolute atomic E-state index is 0.128. The van der Waals surface area contributed by atoms with E-state index in [4.69, 9.17) is 16.3 Å². The molecule has 8 heteroatoms. The van der Waals surface area contributed by atoms with Crippen molar-refractivity contribution >= 4 is 35.0 Å². The predicted octanol–water partition coefficient (Wildman–Crippen LogP) is 4.70. The molecule has 29 heavy (non-hydrogen) atoms. The average Bonchev–Trinajstić information content (AvgIpc) is 3.01. The van der Waals surface area contributed by atoms with Crippen LogP contribution in [0.1, 0.15) is 22.5 Å². The average molecular weight is 431 g/mol. The lowest BCUT2D eigenvalue weighted by Gasteiger charge is -2.10. The normalized spacial score (nSPS) is 10.8. The topological polar surface area (TPSA) is 69.0 Å². The maximum Gasteiger partial charge on any atom is 0.234 e. The lowest BCUT2D eigenvalue weighted by Crippen LogP contribution is -2.15. The van der Waals surface area contributed by atoms with E-state index in [0.717, 1.165) is 22.4 Å². The van der Waals surface area contributed by atoms with Gasteiger partial charge in [-0.3, -0.25) is 4.79 Å². The number of hydrogen-bond donors (Lipinski definition) is 1. The van der Waals surface area contributed by atoms with E-state index in [1.54, 1.807) is 6.07 Å². The van der Waals surface area contributed by atoms with Gasteiger partial charge in [-0.2, -0.15) is 0 Å². The van der Waals surface area contributed by atoms with Crippen LogP contribution in [0.15, 0.2) is 41.6 Å². The number of rotatable bonds is 7. The lowest BCUT2D eigenvalue weighted by atomic mass is 10.1. The van der Waals surface area contributed by atoms with Crippen LogP contribution in [0, 0.1) is 20.8 Å². The third kappa shape index (κ3) is 5.52. The zero-order chi connectivity index (χ0) is 21.0. The van der Waals surface area contributed by atoms with Gasteiger partial charge in [-0.25, -0.2) is 0 Å². The maximum atomic E-state index is 12.3. The quantitative estimate of drug-likeness (QED) is 0.550. The Kier molecular flexibility index (Phi) is 6.82. The minimum Gasteiger partial charge on any atom is -0.486 e. The van der Waals surface area contributed by atoms with E-state index in [1.807, 2.05) is 56.7 Å². The van der Waals surface area contributed by atoms with E-state index in [-0.39, 0.29) is 11.7 Å². The van der Waals surface area contributed by atoms with Gasteiger partial charge in [0.1, 0.15) is 12.4 Å². The third-order valence-electron chi connectivity index (χ3n) is 4.36. The van der Waals surface area contributed by atoms with Gasteiger partial charge in [0.25, 0.3) is 0 Å². The first-order valence-corrected chi connectivity index (χ1v) is 10.5. The highest BCUT2D eigenvalue weighted by molar-refractivity contribution is 7.99. The number of anilines is 1. The molecule has 1 N–H and O–H groups in total. The highest BCUT2D eigenvalue weighted by atomic mass is 35.5. The van der Waals surface area contributed by atoms with E-state index in [1.165, 1.54) is 11.8 Å². The predicted molar refractivity (Wildman–Crippen MR) is 117 cm³/mol. The molecular weight excluding hydrogens is 408 g/mol. The first kappa shape index (κ1) is 21.2. The van der Waals surface area contributed by atoms with E-state index in [9.17, 15) is 4.79 Å². The molecule has 6 nitrogen and oxygen atoms in total. The van der Waals surface area contributed by atoms with E-state index < -0.39 is 0 Å². The number of hydrogen-bond acceptors (Lipinski definition) is 5. The molecule has 3 rings (SSSR count). The Morgan fingerprint density at radius 2 is 1.90 bits per heavy atom. The van der Waals surface area contributed by atoms with Gasteiger partial charge in [-0.15, -0.1) is 10.2 Å². The Balaban J connectivity index is 1.56. The van der Waals surface area contributed by atoms with E-state index in [0.29, 0.717) is 28.3 Å². The van der Waals surface area contributed by atoms with Crippen LogP contribution in [-0.4, -0.2) is 26.4 Å². The number of carbonyl (C=O) groups is 1. The number of ether oxygens (including phenoxy) is 1. The summed E-state index contributed by atoms with van der Waals surface area (Å²) in [5.74, 6) is 1.58. The number of aryl methyl sites for hydroxylation is 2. The zero-order valence-electron chi connectivity index (χ0n) is 16.8. The molecule has 0 aliphatic heterocycles. The zero-order valence-corrected chi connectivity index (χ0v) is 18.4. The summed E-state index contributed by atoms with van der Waals surface area (Å²) in [6, 6.07) is 11.5. The lowest BCUT2D eigenvalue weighted by molar-refractivity contribution is -0.113. The summed E-state index contributed by atoms with van der Waals surface area (Å²) in [4.78, 5) is 12.3. The number of aromatic nitrogens is 3. The Morgan fingerprint density at radius 1 is 1.17 bits per heavy atom. The first-order valence-electron chi connectivity index (χ1n) is 9.10. The van der Waals surface area contributed by atoms with Crippen molar-refractivity contribution in [3.05, 3.63) is 63.9 Å². The Bertz CT molecular complexity index is 1020. The van der Waals surface area contributed by atoms with Gasteiger partial charge in [0.2, 0.25) is 5.91 Å². The summed E-state index contributed by atoms with van der Waals surface area (Å²) in [5.41, 5.74) is 3.85. The van der Waals surface area contributed by atoms with Crippen LogP contribution in [0.25, 0.3) is 0 Å². The number of nitrogens with zero attached hydrogens (tertiary/aromatic N) is 3. The van der Waals surface area contributed by atoms with Crippen molar-refractivity contribution in [2.24, 2.45) is 7.05 Å². The molecule has 1 aromatic heterocycles. The standard InChI is InChI=1S/C21H23ClN4O2S/c1-13-8-14(2)10-16(9-13)28-11-19-24-25-21(26(19)4)29-12-20(27)23-18-7-5-6-17(22)15(18)3/h5-10H,11-12H2,1-4H3,(H,23,27). The van der Waals surface area contributed by atoms with Gasteiger partial charge in [-0.05, 0) is 61.7 Å². The SMILES string of the molecule is Cc1cc(C)cc(OCc2nnc(SCC(=O)Nc3cccc(Cl)c3C)n2C)c1. The molecule has 1 amide bonds. The van der Waals surface area contributed by atoms with Gasteiger partial charge in [0.05, 0.1) is 5.75 Å². The molecule has 152 valence electrons. The van der Waals surface area contributed by atoms with Crippen molar-refractivity contribution in [3.8, 4) is 5.75 Å². The van der Waals surface area contributed by atoms with Crippen LogP contribution >= 0.6 is 23.4 Å². The third-order valence-corrected chi connectivity index (χ3v) is 5.79. The summed E-state index contributed by atoms with van der Waals surface area (Å²) >= 11 is 7.42. The molecule has 0 radical (unpaired) electrons. The molecule has 0 unspecified atom stereocenters. The van der Waals surface area contributed by atoms with E-state index in [2.05, 4.69) is 21.6 Å². The van der Waals surface area contributed by atoms with Gasteiger partial charge in [0, 0.05) is 17.8 Å². The molecule has 0 fully saturated rings. The smallest absolute Gasteiger partial charge is 0.234 e. The maximum absolute atomic E-state index is 12.3. The van der Waals surface area contributed by atoms with Crippen LogP contribution in [0.3, 0.4) is 0 Å². The summed E-state index contributed by atoms with van der Waals surface area (Å²) in [7, 11) is 1.86. The molecule has 2 aromatic carbocycles. The molecule has 0 saturated heterocycles. The van der Waals surface area contributed by atoms with Gasteiger partial charge < -0.3 is 14.6 Å². The molecular formula is C21H23ClN4O2S. The number of halogens is 1. The molecule has 3 aromatic rings. The van der Waals surface area contributed by atoms with Crippen molar-refractivity contribution in [3.63, 3.8) is 0 Å². The fourth-order valence-corrected chi connectivity index (χ4v) is 3.72. The molecule has 0 spiro atoms. The Hall–Kier alpha value is -2.51. The van der Waals surface area contributed by atoms with Gasteiger partial charge in [-0.1, -0.05) is 35.5 Å². The second kappa shape index (κ2) is 9.33. The van der Waals surface area contributed by atoms with Crippen LogP contribution < -0.4 is 10.1 Å². The van der Waals surface area contributed by atoms with E-state index >= 15 is 0 Å². The summed E-state index contributed by atoms with van der Waals surface area (Å²) in [6.45, 7) is 6.25. The number of benzene rings is 2. The molecule has 0 saturated carbocycles. The monoisotopic (exact) mass is 430 g/mol. The van der Waals surface area contributed by atoms with Crippen molar-refractivity contribution in [2.75, 3.05) is 11.1 Å². The van der Waals surface area contributed by atoms with Crippen LogP contribution in [-0.2, 0) is 18.4 Å². The fourth-order valence-electron chi connectivity index (χ4n) is 2.82. The van der Waals surface area contributed by atoms with Crippen molar-refractivity contribution in [1.82, 2.24) is 14.8 Å².